The molecule has 1 aliphatic rings. The van der Waals surface area contributed by atoms with Crippen molar-refractivity contribution in [1.82, 2.24) is 14.8 Å². The van der Waals surface area contributed by atoms with Crippen LogP contribution in [0.4, 0.5) is 0 Å². The molecule has 0 amide bonds. The van der Waals surface area contributed by atoms with Crippen molar-refractivity contribution in [3.05, 3.63) is 36.8 Å². The van der Waals surface area contributed by atoms with Gasteiger partial charge in [0.2, 0.25) is 0 Å². The minimum absolute atomic E-state index is 0.195. The first-order valence-electron chi connectivity index (χ1n) is 7.62. The molecule has 0 saturated carbocycles. The Bertz CT molecular complexity index is 567. The molecule has 6 nitrogen and oxygen atoms in total. The summed E-state index contributed by atoms with van der Waals surface area (Å²) in [6, 6.07) is 5.79. The molecular formula is C16H21N3O3. The van der Waals surface area contributed by atoms with Gasteiger partial charge in [-0.1, -0.05) is 0 Å². The molecule has 6 heteroatoms. The second kappa shape index (κ2) is 7.49. The molecular weight excluding hydrogens is 282 g/mol. The summed E-state index contributed by atoms with van der Waals surface area (Å²) in [6.07, 6.45) is 6.65. The van der Waals surface area contributed by atoms with Gasteiger partial charge in [-0.3, -0.25) is 9.67 Å². The zero-order valence-corrected chi connectivity index (χ0v) is 12.5. The van der Waals surface area contributed by atoms with Crippen molar-refractivity contribution in [2.75, 3.05) is 19.8 Å². The molecule has 1 atom stereocenters. The largest absolute Gasteiger partial charge is 0.389 e. The van der Waals surface area contributed by atoms with E-state index < -0.39 is 6.10 Å². The van der Waals surface area contributed by atoms with E-state index in [0.29, 0.717) is 13.2 Å². The number of hydrogen-bond donors (Lipinski definition) is 1. The van der Waals surface area contributed by atoms with Crippen molar-refractivity contribution >= 4 is 0 Å². The summed E-state index contributed by atoms with van der Waals surface area (Å²) in [5.74, 6) is 0. The van der Waals surface area contributed by atoms with E-state index in [1.807, 2.05) is 18.2 Å². The zero-order valence-electron chi connectivity index (χ0n) is 12.5. The number of aliphatic hydroxyl groups excluding tert-OH is 1. The number of nitrogens with zero attached hydrogens (tertiary/aromatic N) is 3. The van der Waals surface area contributed by atoms with Crippen molar-refractivity contribution in [1.29, 1.82) is 0 Å². The summed E-state index contributed by atoms with van der Waals surface area (Å²) in [4.78, 5) is 4.02. The van der Waals surface area contributed by atoms with Crippen molar-refractivity contribution in [2.45, 2.75) is 31.6 Å². The number of hydrogen-bond acceptors (Lipinski definition) is 5. The third-order valence-corrected chi connectivity index (χ3v) is 3.77. The lowest BCUT2D eigenvalue weighted by molar-refractivity contribution is -0.0621. The van der Waals surface area contributed by atoms with Crippen LogP contribution in [0.3, 0.4) is 0 Å². The Morgan fingerprint density at radius 2 is 2.00 bits per heavy atom. The second-order valence-corrected chi connectivity index (χ2v) is 5.43. The maximum absolute atomic E-state index is 10.2. The highest BCUT2D eigenvalue weighted by Crippen LogP contribution is 2.18. The van der Waals surface area contributed by atoms with Gasteiger partial charge in [0.15, 0.2) is 0 Å². The molecule has 22 heavy (non-hydrogen) atoms. The second-order valence-electron chi connectivity index (χ2n) is 5.43. The van der Waals surface area contributed by atoms with Gasteiger partial charge in [-0.25, -0.2) is 0 Å². The highest BCUT2D eigenvalue weighted by Gasteiger charge is 2.17. The smallest absolute Gasteiger partial charge is 0.0969 e. The SMILES string of the molecule is O[C@H](COC1CCOCC1)Cn1nccc1-c1ccncc1. The Labute approximate surface area is 129 Å². The predicted octanol–water partition coefficient (Wildman–Crippen LogP) is 1.50. The van der Waals surface area contributed by atoms with Crippen LogP contribution < -0.4 is 0 Å². The Kier molecular flexibility index (Phi) is 5.15. The fourth-order valence-corrected chi connectivity index (χ4v) is 2.59. The molecule has 1 aliphatic heterocycles. The zero-order chi connectivity index (χ0) is 15.2. The lowest BCUT2D eigenvalue weighted by atomic mass is 10.1. The molecule has 0 aromatic carbocycles. The van der Waals surface area contributed by atoms with E-state index >= 15 is 0 Å². The van der Waals surface area contributed by atoms with Crippen molar-refractivity contribution in [3.8, 4) is 11.3 Å². The molecule has 118 valence electrons. The van der Waals surface area contributed by atoms with Crippen LogP contribution in [0.1, 0.15) is 12.8 Å². The van der Waals surface area contributed by atoms with Gasteiger partial charge in [0, 0.05) is 37.4 Å². The van der Waals surface area contributed by atoms with Crippen LogP contribution in [-0.2, 0) is 16.0 Å². The van der Waals surface area contributed by atoms with Crippen LogP contribution in [-0.4, -0.2) is 51.9 Å². The average Bonchev–Trinajstić information content (AvgIpc) is 3.03. The molecule has 0 aliphatic carbocycles. The van der Waals surface area contributed by atoms with E-state index in [4.69, 9.17) is 9.47 Å². The molecule has 0 radical (unpaired) electrons. The fraction of sp³-hybridized carbons (Fsp3) is 0.500. The maximum Gasteiger partial charge on any atom is 0.0969 e. The molecule has 2 aromatic heterocycles. The van der Waals surface area contributed by atoms with Crippen LogP contribution >= 0.6 is 0 Å². The Balaban J connectivity index is 1.55. The van der Waals surface area contributed by atoms with Crippen molar-refractivity contribution < 1.29 is 14.6 Å². The van der Waals surface area contributed by atoms with Crippen LogP contribution in [0.2, 0.25) is 0 Å². The highest BCUT2D eigenvalue weighted by molar-refractivity contribution is 5.58. The molecule has 1 fully saturated rings. The van der Waals surface area contributed by atoms with Gasteiger partial charge in [-0.05, 0) is 31.0 Å². The van der Waals surface area contributed by atoms with Crippen LogP contribution in [0.25, 0.3) is 11.3 Å². The summed E-state index contributed by atoms with van der Waals surface area (Å²) >= 11 is 0. The molecule has 1 saturated heterocycles. The molecule has 0 spiro atoms. The quantitative estimate of drug-likeness (QED) is 0.876. The van der Waals surface area contributed by atoms with Gasteiger partial charge in [0.05, 0.1) is 31.1 Å². The molecule has 0 bridgehead atoms. The Morgan fingerprint density at radius 1 is 1.23 bits per heavy atom. The number of rotatable bonds is 6. The maximum atomic E-state index is 10.2. The standard InChI is InChI=1S/C16H21N3O3/c20-14(12-22-15-4-9-21-10-5-15)11-19-16(3-8-18-19)13-1-6-17-7-2-13/h1-3,6-8,14-15,20H,4-5,9-12H2/t14-/m0/s1. The van der Waals surface area contributed by atoms with Gasteiger partial charge in [-0.2, -0.15) is 5.10 Å². The van der Waals surface area contributed by atoms with Gasteiger partial charge in [0.1, 0.15) is 0 Å². The number of aliphatic hydroxyl groups is 1. The third-order valence-electron chi connectivity index (χ3n) is 3.77. The normalized spacial score (nSPS) is 17.5. The summed E-state index contributed by atoms with van der Waals surface area (Å²) in [5.41, 5.74) is 2.00. The summed E-state index contributed by atoms with van der Waals surface area (Å²) < 4.78 is 12.9. The van der Waals surface area contributed by atoms with Crippen LogP contribution in [0.5, 0.6) is 0 Å². The fourth-order valence-electron chi connectivity index (χ4n) is 2.59. The Morgan fingerprint density at radius 3 is 2.77 bits per heavy atom. The van der Waals surface area contributed by atoms with E-state index in [1.54, 1.807) is 23.3 Å². The monoisotopic (exact) mass is 303 g/mol. The van der Waals surface area contributed by atoms with Crippen LogP contribution in [0, 0.1) is 0 Å². The van der Waals surface area contributed by atoms with Crippen molar-refractivity contribution in [2.24, 2.45) is 0 Å². The number of pyridine rings is 1. The first-order valence-corrected chi connectivity index (χ1v) is 7.62. The third kappa shape index (κ3) is 3.91. The first kappa shape index (κ1) is 15.1. The Hall–Kier alpha value is -1.76. The van der Waals surface area contributed by atoms with Crippen LogP contribution in [0.15, 0.2) is 36.8 Å². The van der Waals surface area contributed by atoms with Crippen molar-refractivity contribution in [3.63, 3.8) is 0 Å². The molecule has 0 unspecified atom stereocenters. The van der Waals surface area contributed by atoms with E-state index in [9.17, 15) is 5.11 Å². The molecule has 3 heterocycles. The lowest BCUT2D eigenvalue weighted by Crippen LogP contribution is -2.29. The number of aromatic nitrogens is 3. The predicted molar refractivity (Wildman–Crippen MR) is 81.3 cm³/mol. The van der Waals surface area contributed by atoms with Gasteiger partial charge >= 0.3 is 0 Å². The van der Waals surface area contributed by atoms with Gasteiger partial charge in [-0.15, -0.1) is 0 Å². The van der Waals surface area contributed by atoms with E-state index in [0.717, 1.165) is 37.3 Å². The molecule has 2 aromatic rings. The minimum Gasteiger partial charge on any atom is -0.389 e. The van der Waals surface area contributed by atoms with E-state index in [2.05, 4.69) is 10.1 Å². The average molecular weight is 303 g/mol. The first-order chi connectivity index (χ1) is 10.8. The number of ether oxygens (including phenoxy) is 2. The lowest BCUT2D eigenvalue weighted by Gasteiger charge is -2.24. The minimum atomic E-state index is -0.580. The van der Waals surface area contributed by atoms with Gasteiger partial charge < -0.3 is 14.6 Å². The highest BCUT2D eigenvalue weighted by atomic mass is 16.5. The molecule has 3 rings (SSSR count). The molecule has 1 N–H and O–H groups in total. The summed E-state index contributed by atoms with van der Waals surface area (Å²) in [6.45, 7) is 2.21. The van der Waals surface area contributed by atoms with E-state index in [1.165, 1.54) is 0 Å². The van der Waals surface area contributed by atoms with Gasteiger partial charge in [0.25, 0.3) is 0 Å². The topological polar surface area (TPSA) is 69.4 Å². The summed E-state index contributed by atoms with van der Waals surface area (Å²) in [7, 11) is 0. The van der Waals surface area contributed by atoms with E-state index in [-0.39, 0.29) is 6.10 Å². The summed E-state index contributed by atoms with van der Waals surface area (Å²) in [5, 5.41) is 14.5.